The predicted molar refractivity (Wildman–Crippen MR) is 54.1 cm³/mol. The molecule has 0 radical (unpaired) electrons. The number of rotatable bonds is 3. The van der Waals surface area contributed by atoms with E-state index in [-0.39, 0.29) is 6.61 Å². The van der Waals surface area contributed by atoms with Crippen molar-refractivity contribution in [3.63, 3.8) is 0 Å². The van der Waals surface area contributed by atoms with E-state index in [0.717, 1.165) is 6.54 Å². The van der Waals surface area contributed by atoms with Crippen molar-refractivity contribution in [2.24, 2.45) is 0 Å². The highest BCUT2D eigenvalue weighted by molar-refractivity contribution is 7.08. The lowest BCUT2D eigenvalue weighted by atomic mass is 10.2. The zero-order valence-corrected chi connectivity index (χ0v) is 8.66. The number of thiophene rings is 1. The SMILES string of the molecule is Cc1cscc1Cn1cnnc1CO. The number of aliphatic hydroxyl groups is 1. The van der Waals surface area contributed by atoms with E-state index in [1.165, 1.54) is 11.1 Å². The molecule has 2 heterocycles. The first-order valence-electron chi connectivity index (χ1n) is 4.30. The van der Waals surface area contributed by atoms with E-state index >= 15 is 0 Å². The molecule has 0 amide bonds. The van der Waals surface area contributed by atoms with Gasteiger partial charge in [0.1, 0.15) is 12.9 Å². The maximum Gasteiger partial charge on any atom is 0.158 e. The van der Waals surface area contributed by atoms with Gasteiger partial charge in [0.2, 0.25) is 0 Å². The maximum atomic E-state index is 8.98. The van der Waals surface area contributed by atoms with Crippen LogP contribution in [0.25, 0.3) is 0 Å². The molecule has 74 valence electrons. The van der Waals surface area contributed by atoms with Crippen molar-refractivity contribution in [1.82, 2.24) is 14.8 Å². The quantitative estimate of drug-likeness (QED) is 0.826. The van der Waals surface area contributed by atoms with Crippen LogP contribution in [0.4, 0.5) is 0 Å². The number of aryl methyl sites for hydroxylation is 1. The van der Waals surface area contributed by atoms with Gasteiger partial charge in [-0.15, -0.1) is 10.2 Å². The Morgan fingerprint density at radius 3 is 3.00 bits per heavy atom. The monoisotopic (exact) mass is 209 g/mol. The van der Waals surface area contributed by atoms with Gasteiger partial charge in [-0.05, 0) is 28.8 Å². The maximum absolute atomic E-state index is 8.98. The Balaban J connectivity index is 2.22. The van der Waals surface area contributed by atoms with Crippen LogP contribution in [0, 0.1) is 6.92 Å². The molecule has 0 aromatic carbocycles. The zero-order valence-electron chi connectivity index (χ0n) is 7.84. The smallest absolute Gasteiger partial charge is 0.158 e. The van der Waals surface area contributed by atoms with Gasteiger partial charge in [0.05, 0.1) is 6.54 Å². The lowest BCUT2D eigenvalue weighted by molar-refractivity contribution is 0.265. The van der Waals surface area contributed by atoms with E-state index < -0.39 is 0 Å². The highest BCUT2D eigenvalue weighted by Crippen LogP contribution is 2.15. The third-order valence-electron chi connectivity index (χ3n) is 2.14. The van der Waals surface area contributed by atoms with E-state index in [0.29, 0.717) is 5.82 Å². The number of aliphatic hydroxyl groups excluding tert-OH is 1. The van der Waals surface area contributed by atoms with Gasteiger partial charge >= 0.3 is 0 Å². The second kappa shape index (κ2) is 3.89. The molecular weight excluding hydrogens is 198 g/mol. The van der Waals surface area contributed by atoms with Crippen molar-refractivity contribution >= 4 is 11.3 Å². The van der Waals surface area contributed by atoms with Gasteiger partial charge in [-0.3, -0.25) is 0 Å². The zero-order chi connectivity index (χ0) is 9.97. The average molecular weight is 209 g/mol. The average Bonchev–Trinajstić information content (AvgIpc) is 2.77. The van der Waals surface area contributed by atoms with Crippen molar-refractivity contribution in [2.75, 3.05) is 0 Å². The fourth-order valence-electron chi connectivity index (χ4n) is 1.27. The van der Waals surface area contributed by atoms with Crippen LogP contribution in [-0.2, 0) is 13.2 Å². The molecule has 0 aliphatic heterocycles. The summed E-state index contributed by atoms with van der Waals surface area (Å²) in [6.07, 6.45) is 1.64. The summed E-state index contributed by atoms with van der Waals surface area (Å²) in [5.74, 6) is 0.607. The van der Waals surface area contributed by atoms with Crippen molar-refractivity contribution in [3.8, 4) is 0 Å². The summed E-state index contributed by atoms with van der Waals surface area (Å²) in [7, 11) is 0. The number of nitrogens with zero attached hydrogens (tertiary/aromatic N) is 3. The van der Waals surface area contributed by atoms with Crippen LogP contribution in [-0.4, -0.2) is 19.9 Å². The van der Waals surface area contributed by atoms with Crippen LogP contribution in [0.3, 0.4) is 0 Å². The van der Waals surface area contributed by atoms with Crippen LogP contribution >= 0.6 is 11.3 Å². The number of aromatic nitrogens is 3. The lowest BCUT2D eigenvalue weighted by Crippen LogP contribution is -2.04. The molecule has 0 saturated heterocycles. The molecule has 0 unspecified atom stereocenters. The highest BCUT2D eigenvalue weighted by Gasteiger charge is 2.05. The van der Waals surface area contributed by atoms with Crippen LogP contribution < -0.4 is 0 Å². The van der Waals surface area contributed by atoms with Gasteiger partial charge in [0.25, 0.3) is 0 Å². The Morgan fingerprint density at radius 2 is 2.36 bits per heavy atom. The summed E-state index contributed by atoms with van der Waals surface area (Å²) in [6.45, 7) is 2.75. The molecule has 0 bridgehead atoms. The fourth-order valence-corrected chi connectivity index (χ4v) is 2.11. The summed E-state index contributed by atoms with van der Waals surface area (Å²) in [6, 6.07) is 0. The molecule has 0 atom stereocenters. The first kappa shape index (κ1) is 9.36. The second-order valence-electron chi connectivity index (χ2n) is 3.11. The summed E-state index contributed by atoms with van der Waals surface area (Å²) < 4.78 is 1.86. The number of hydrogen-bond donors (Lipinski definition) is 1. The predicted octanol–water partition coefficient (Wildman–Crippen LogP) is 1.19. The van der Waals surface area contributed by atoms with Crippen molar-refractivity contribution in [1.29, 1.82) is 0 Å². The van der Waals surface area contributed by atoms with E-state index in [4.69, 9.17) is 5.11 Å². The molecule has 0 saturated carbocycles. The molecule has 0 aliphatic rings. The topological polar surface area (TPSA) is 50.9 Å². The van der Waals surface area contributed by atoms with E-state index in [1.54, 1.807) is 17.7 Å². The standard InChI is InChI=1S/C9H11N3OS/c1-7-4-14-5-8(7)2-12-6-10-11-9(12)3-13/h4-6,13H,2-3H2,1H3. The fraction of sp³-hybridized carbons (Fsp3) is 0.333. The molecule has 0 aliphatic carbocycles. The minimum absolute atomic E-state index is 0.0663. The summed E-state index contributed by atoms with van der Waals surface area (Å²) in [5, 5.41) is 20.8. The summed E-state index contributed by atoms with van der Waals surface area (Å²) in [5.41, 5.74) is 2.53. The van der Waals surface area contributed by atoms with Crippen molar-refractivity contribution < 1.29 is 5.11 Å². The van der Waals surface area contributed by atoms with Crippen LogP contribution in [0.2, 0.25) is 0 Å². The first-order valence-corrected chi connectivity index (χ1v) is 5.24. The third-order valence-corrected chi connectivity index (χ3v) is 3.05. The molecule has 2 aromatic rings. The first-order chi connectivity index (χ1) is 6.81. The Kier molecular flexibility index (Phi) is 2.60. The molecule has 5 heteroatoms. The molecule has 2 aromatic heterocycles. The Labute approximate surface area is 85.8 Å². The van der Waals surface area contributed by atoms with Gasteiger partial charge in [0, 0.05) is 0 Å². The Hall–Kier alpha value is -1.20. The van der Waals surface area contributed by atoms with E-state index in [1.807, 2.05) is 4.57 Å². The molecule has 2 rings (SSSR count). The Bertz CT molecular complexity index is 421. The summed E-state index contributed by atoms with van der Waals surface area (Å²) >= 11 is 1.68. The largest absolute Gasteiger partial charge is 0.388 e. The minimum Gasteiger partial charge on any atom is -0.388 e. The van der Waals surface area contributed by atoms with Crippen LogP contribution in [0.5, 0.6) is 0 Å². The highest BCUT2D eigenvalue weighted by atomic mass is 32.1. The van der Waals surface area contributed by atoms with E-state index in [2.05, 4.69) is 27.9 Å². The second-order valence-corrected chi connectivity index (χ2v) is 3.86. The van der Waals surface area contributed by atoms with Crippen LogP contribution in [0.15, 0.2) is 17.1 Å². The molecule has 0 spiro atoms. The van der Waals surface area contributed by atoms with Gasteiger partial charge in [0.15, 0.2) is 5.82 Å². The van der Waals surface area contributed by atoms with Gasteiger partial charge < -0.3 is 9.67 Å². The molecule has 4 nitrogen and oxygen atoms in total. The van der Waals surface area contributed by atoms with Gasteiger partial charge in [-0.1, -0.05) is 0 Å². The van der Waals surface area contributed by atoms with Crippen LogP contribution in [0.1, 0.15) is 17.0 Å². The molecule has 0 fully saturated rings. The Morgan fingerprint density at radius 1 is 1.50 bits per heavy atom. The van der Waals surface area contributed by atoms with Gasteiger partial charge in [-0.2, -0.15) is 11.3 Å². The molecular formula is C9H11N3OS. The minimum atomic E-state index is -0.0663. The van der Waals surface area contributed by atoms with Crippen molar-refractivity contribution in [3.05, 3.63) is 34.0 Å². The van der Waals surface area contributed by atoms with Gasteiger partial charge in [-0.25, -0.2) is 0 Å². The molecule has 1 N–H and O–H groups in total. The number of hydrogen-bond acceptors (Lipinski definition) is 4. The summed E-state index contributed by atoms with van der Waals surface area (Å²) in [4.78, 5) is 0. The third kappa shape index (κ3) is 1.69. The lowest BCUT2D eigenvalue weighted by Gasteiger charge is -2.03. The van der Waals surface area contributed by atoms with Crippen molar-refractivity contribution in [2.45, 2.75) is 20.1 Å². The normalized spacial score (nSPS) is 10.7. The molecule has 14 heavy (non-hydrogen) atoms. The van der Waals surface area contributed by atoms with E-state index in [9.17, 15) is 0 Å².